The van der Waals surface area contributed by atoms with Gasteiger partial charge in [0.05, 0.1) is 14.2 Å². The van der Waals surface area contributed by atoms with Crippen LogP contribution in [0.25, 0.3) is 0 Å². The van der Waals surface area contributed by atoms with Crippen molar-refractivity contribution in [1.29, 1.82) is 0 Å². The van der Waals surface area contributed by atoms with Crippen LogP contribution in [0.5, 0.6) is 5.75 Å². The van der Waals surface area contributed by atoms with Crippen molar-refractivity contribution in [2.75, 3.05) is 14.2 Å². The number of ether oxygens (including phenoxy) is 1. The van der Waals surface area contributed by atoms with Crippen LogP contribution in [0, 0.1) is 0 Å². The standard InChI is InChI=1S/C12H17BrN2O2/c1-8(12(14)16)15(2)7-9-6-10(13)4-5-11(9)17-3/h4-6,8H,7H2,1-3H3,(H2,14,16)/p+1/t8-/m0/s1. The van der Waals surface area contributed by atoms with Crippen molar-refractivity contribution in [3.8, 4) is 5.75 Å². The first-order chi connectivity index (χ1) is 7.95. The van der Waals surface area contributed by atoms with E-state index in [4.69, 9.17) is 10.5 Å². The van der Waals surface area contributed by atoms with Crippen LogP contribution in [0.1, 0.15) is 12.5 Å². The summed E-state index contributed by atoms with van der Waals surface area (Å²) in [6.07, 6.45) is 0. The number of nitrogens with two attached hydrogens (primary N) is 1. The third kappa shape index (κ3) is 3.71. The minimum atomic E-state index is -0.295. The number of amides is 1. The summed E-state index contributed by atoms with van der Waals surface area (Å²) in [6.45, 7) is 2.51. The van der Waals surface area contributed by atoms with Gasteiger partial charge in [0.2, 0.25) is 0 Å². The third-order valence-electron chi connectivity index (χ3n) is 2.88. The Morgan fingerprint density at radius 1 is 1.59 bits per heavy atom. The van der Waals surface area contributed by atoms with E-state index in [2.05, 4.69) is 15.9 Å². The Kier molecular flexibility index (Phi) is 4.96. The lowest BCUT2D eigenvalue weighted by Crippen LogP contribution is -3.12. The molecule has 1 amide bonds. The van der Waals surface area contributed by atoms with Crippen molar-refractivity contribution < 1.29 is 14.4 Å². The van der Waals surface area contributed by atoms with Gasteiger partial charge in [-0.3, -0.25) is 4.79 Å². The Bertz CT molecular complexity index is 409. The first-order valence-corrected chi connectivity index (χ1v) is 6.19. The van der Waals surface area contributed by atoms with Gasteiger partial charge in [0, 0.05) is 10.0 Å². The molecule has 0 radical (unpaired) electrons. The number of halogens is 1. The van der Waals surface area contributed by atoms with Crippen molar-refractivity contribution in [3.05, 3.63) is 28.2 Å². The molecule has 4 nitrogen and oxygen atoms in total. The average Bonchev–Trinajstić information content (AvgIpc) is 2.28. The molecule has 0 aliphatic heterocycles. The second-order valence-electron chi connectivity index (χ2n) is 4.10. The zero-order chi connectivity index (χ0) is 13.0. The van der Waals surface area contributed by atoms with Gasteiger partial charge in [-0.2, -0.15) is 0 Å². The fraction of sp³-hybridized carbons (Fsp3) is 0.417. The molecule has 0 bridgehead atoms. The maximum Gasteiger partial charge on any atom is 0.275 e. The van der Waals surface area contributed by atoms with Crippen LogP contribution >= 0.6 is 15.9 Å². The van der Waals surface area contributed by atoms with Crippen LogP contribution in [-0.4, -0.2) is 26.1 Å². The van der Waals surface area contributed by atoms with Gasteiger partial charge < -0.3 is 15.4 Å². The summed E-state index contributed by atoms with van der Waals surface area (Å²) in [4.78, 5) is 12.1. The quantitative estimate of drug-likeness (QED) is 0.824. The van der Waals surface area contributed by atoms with Gasteiger partial charge in [0.15, 0.2) is 6.04 Å². The number of benzene rings is 1. The highest BCUT2D eigenvalue weighted by molar-refractivity contribution is 9.10. The number of hydrogen-bond donors (Lipinski definition) is 2. The fourth-order valence-electron chi connectivity index (χ4n) is 1.58. The molecule has 0 aromatic heterocycles. The van der Waals surface area contributed by atoms with E-state index in [9.17, 15) is 4.79 Å². The zero-order valence-corrected chi connectivity index (χ0v) is 11.9. The molecule has 0 heterocycles. The van der Waals surface area contributed by atoms with E-state index >= 15 is 0 Å². The Balaban J connectivity index is 2.86. The minimum Gasteiger partial charge on any atom is -0.496 e. The highest BCUT2D eigenvalue weighted by Crippen LogP contribution is 2.22. The van der Waals surface area contributed by atoms with Crippen molar-refractivity contribution in [3.63, 3.8) is 0 Å². The lowest BCUT2D eigenvalue weighted by atomic mass is 10.1. The van der Waals surface area contributed by atoms with Crippen LogP contribution in [0.4, 0.5) is 0 Å². The van der Waals surface area contributed by atoms with E-state index in [1.54, 1.807) is 7.11 Å². The molecular weight excluding hydrogens is 284 g/mol. The van der Waals surface area contributed by atoms with E-state index in [-0.39, 0.29) is 11.9 Å². The maximum atomic E-state index is 11.1. The molecule has 0 spiro atoms. The van der Waals surface area contributed by atoms with E-state index in [0.717, 1.165) is 20.7 Å². The van der Waals surface area contributed by atoms with Gasteiger partial charge in [-0.25, -0.2) is 0 Å². The van der Waals surface area contributed by atoms with Gasteiger partial charge in [-0.05, 0) is 25.1 Å². The Morgan fingerprint density at radius 2 is 2.24 bits per heavy atom. The molecule has 3 N–H and O–H groups in total. The normalized spacial score (nSPS) is 14.1. The minimum absolute atomic E-state index is 0.223. The number of rotatable bonds is 5. The number of primary amides is 1. The van der Waals surface area contributed by atoms with Crippen molar-refractivity contribution in [2.24, 2.45) is 5.73 Å². The van der Waals surface area contributed by atoms with Crippen LogP contribution in [-0.2, 0) is 11.3 Å². The average molecular weight is 302 g/mol. The number of carbonyl (C=O) groups is 1. The molecular formula is C12H18BrN2O2+. The summed E-state index contributed by atoms with van der Waals surface area (Å²) >= 11 is 3.42. The SMILES string of the molecule is COc1ccc(Br)cc1C[NH+](C)[C@@H](C)C(N)=O. The first kappa shape index (κ1) is 14.0. The summed E-state index contributed by atoms with van der Waals surface area (Å²) in [5.41, 5.74) is 6.34. The zero-order valence-electron chi connectivity index (χ0n) is 10.3. The summed E-state index contributed by atoms with van der Waals surface area (Å²) < 4.78 is 6.28. The van der Waals surface area contributed by atoms with Gasteiger partial charge in [-0.15, -0.1) is 0 Å². The van der Waals surface area contributed by atoms with Crippen molar-refractivity contribution in [2.45, 2.75) is 19.5 Å². The van der Waals surface area contributed by atoms with Crippen LogP contribution < -0.4 is 15.4 Å². The van der Waals surface area contributed by atoms with Gasteiger partial charge in [0.1, 0.15) is 12.3 Å². The topological polar surface area (TPSA) is 56.8 Å². The summed E-state index contributed by atoms with van der Waals surface area (Å²) in [7, 11) is 3.58. The molecule has 2 atom stereocenters. The highest BCUT2D eigenvalue weighted by atomic mass is 79.9. The number of likely N-dealkylation sites (N-methyl/N-ethyl adjacent to an activating group) is 1. The number of quaternary nitrogens is 1. The second-order valence-corrected chi connectivity index (χ2v) is 5.02. The highest BCUT2D eigenvalue weighted by Gasteiger charge is 2.20. The molecule has 1 unspecified atom stereocenters. The lowest BCUT2D eigenvalue weighted by molar-refractivity contribution is -0.908. The number of methoxy groups -OCH3 is 1. The number of nitrogens with one attached hydrogen (secondary N) is 1. The molecule has 0 saturated carbocycles. The fourth-order valence-corrected chi connectivity index (χ4v) is 1.99. The largest absolute Gasteiger partial charge is 0.496 e. The first-order valence-electron chi connectivity index (χ1n) is 5.39. The maximum absolute atomic E-state index is 11.1. The Morgan fingerprint density at radius 3 is 2.76 bits per heavy atom. The summed E-state index contributed by atoms with van der Waals surface area (Å²) in [6, 6.07) is 5.60. The molecule has 0 aliphatic carbocycles. The van der Waals surface area contributed by atoms with Gasteiger partial charge in [0.25, 0.3) is 5.91 Å². The van der Waals surface area contributed by atoms with Crippen LogP contribution in [0.3, 0.4) is 0 Å². The molecule has 0 aliphatic rings. The van der Waals surface area contributed by atoms with E-state index in [1.165, 1.54) is 0 Å². The monoisotopic (exact) mass is 301 g/mol. The summed E-state index contributed by atoms with van der Waals surface area (Å²) in [5.74, 6) is 0.528. The molecule has 0 saturated heterocycles. The van der Waals surface area contributed by atoms with Crippen LogP contribution in [0.15, 0.2) is 22.7 Å². The molecule has 1 aromatic carbocycles. The molecule has 94 valence electrons. The third-order valence-corrected chi connectivity index (χ3v) is 3.37. The van der Waals surface area contributed by atoms with Crippen molar-refractivity contribution in [1.82, 2.24) is 0 Å². The lowest BCUT2D eigenvalue weighted by Gasteiger charge is -2.20. The Hall–Kier alpha value is -1.07. The van der Waals surface area contributed by atoms with Crippen LogP contribution in [0.2, 0.25) is 0 Å². The number of hydrogen-bond acceptors (Lipinski definition) is 2. The van der Waals surface area contributed by atoms with E-state index in [1.807, 2.05) is 32.2 Å². The van der Waals surface area contributed by atoms with Gasteiger partial charge in [-0.1, -0.05) is 15.9 Å². The second kappa shape index (κ2) is 6.02. The predicted octanol–water partition coefficient (Wildman–Crippen LogP) is 0.346. The van der Waals surface area contributed by atoms with Gasteiger partial charge >= 0.3 is 0 Å². The smallest absolute Gasteiger partial charge is 0.275 e. The molecule has 5 heteroatoms. The predicted molar refractivity (Wildman–Crippen MR) is 69.9 cm³/mol. The van der Waals surface area contributed by atoms with E-state index in [0.29, 0.717) is 6.54 Å². The molecule has 17 heavy (non-hydrogen) atoms. The molecule has 1 aromatic rings. The Labute approximate surface area is 110 Å². The molecule has 1 rings (SSSR count). The molecule has 0 fully saturated rings. The number of carbonyl (C=O) groups excluding carboxylic acids is 1. The van der Waals surface area contributed by atoms with E-state index < -0.39 is 0 Å². The van der Waals surface area contributed by atoms with Crippen molar-refractivity contribution >= 4 is 21.8 Å². The summed E-state index contributed by atoms with van der Waals surface area (Å²) in [5, 5.41) is 0.